The van der Waals surface area contributed by atoms with E-state index in [0.29, 0.717) is 5.02 Å². The van der Waals surface area contributed by atoms with Gasteiger partial charge in [0.25, 0.3) is 0 Å². The Morgan fingerprint density at radius 2 is 1.84 bits per heavy atom. The van der Waals surface area contributed by atoms with Crippen LogP contribution in [0.4, 0.5) is 5.69 Å². The Hall–Kier alpha value is -1.80. The van der Waals surface area contributed by atoms with Gasteiger partial charge in [0.05, 0.1) is 11.2 Å². The van der Waals surface area contributed by atoms with Crippen LogP contribution in [0.2, 0.25) is 5.02 Å². The molecule has 0 radical (unpaired) electrons. The molecule has 3 heteroatoms. The zero-order valence-electron chi connectivity index (χ0n) is 10.9. The number of benzene rings is 2. The summed E-state index contributed by atoms with van der Waals surface area (Å²) in [6.45, 7) is 3.65. The highest BCUT2D eigenvalue weighted by Crippen LogP contribution is 2.52. The van der Waals surface area contributed by atoms with Crippen molar-refractivity contribution in [2.45, 2.75) is 19.4 Å². The van der Waals surface area contributed by atoms with Gasteiger partial charge in [0.15, 0.2) is 0 Å². The van der Waals surface area contributed by atoms with Crippen LogP contribution in [-0.4, -0.2) is 5.91 Å². The first-order valence-corrected chi connectivity index (χ1v) is 6.59. The largest absolute Gasteiger partial charge is 0.298 e. The second-order valence-corrected chi connectivity index (χ2v) is 5.39. The molecule has 1 unspecified atom stereocenters. The number of carbonyl (C=O) groups excluding carboxylic acids is 1. The molecule has 2 aromatic rings. The zero-order valence-corrected chi connectivity index (χ0v) is 11.6. The summed E-state index contributed by atoms with van der Waals surface area (Å²) in [5.74, 6) is 0.0428. The summed E-state index contributed by atoms with van der Waals surface area (Å²) in [6, 6.07) is 15.7. The van der Waals surface area contributed by atoms with Gasteiger partial charge in [-0.15, -0.1) is 0 Å². The van der Waals surface area contributed by atoms with Gasteiger partial charge < -0.3 is 0 Å². The van der Waals surface area contributed by atoms with Crippen molar-refractivity contribution in [3.05, 3.63) is 64.7 Å². The molecule has 2 aromatic carbocycles. The van der Waals surface area contributed by atoms with E-state index < -0.39 is 5.54 Å². The molecule has 0 aliphatic carbocycles. The van der Waals surface area contributed by atoms with E-state index in [2.05, 4.69) is 6.92 Å². The number of carbonyl (C=O) groups is 1. The number of amides is 1. The molecule has 3 rings (SSSR count). The molecule has 1 aliphatic heterocycles. The normalized spacial score (nSPS) is 20.7. The van der Waals surface area contributed by atoms with Crippen molar-refractivity contribution in [1.82, 2.24) is 0 Å². The predicted molar refractivity (Wildman–Crippen MR) is 77.5 cm³/mol. The number of rotatable bonds is 1. The van der Waals surface area contributed by atoms with Gasteiger partial charge in [-0.3, -0.25) is 9.69 Å². The second-order valence-electron chi connectivity index (χ2n) is 4.95. The quantitative estimate of drug-likeness (QED) is 0.768. The molecule has 2 nitrogen and oxygen atoms in total. The van der Waals surface area contributed by atoms with Crippen LogP contribution in [0.25, 0.3) is 0 Å². The summed E-state index contributed by atoms with van der Waals surface area (Å²) in [6.07, 6.45) is 0. The van der Waals surface area contributed by atoms with Crippen molar-refractivity contribution in [2.75, 3.05) is 4.90 Å². The fourth-order valence-electron chi connectivity index (χ4n) is 2.93. The van der Waals surface area contributed by atoms with Crippen molar-refractivity contribution in [3.63, 3.8) is 0 Å². The first kappa shape index (κ1) is 12.2. The second kappa shape index (κ2) is 4.10. The fourth-order valence-corrected chi connectivity index (χ4v) is 3.11. The summed E-state index contributed by atoms with van der Waals surface area (Å²) in [5, 5.41) is 0.698. The van der Waals surface area contributed by atoms with E-state index in [1.807, 2.05) is 53.4 Å². The SMILES string of the molecule is CC(=O)N1c2ccc(Cl)cc2C1(C)c1ccccc1. The highest BCUT2D eigenvalue weighted by molar-refractivity contribution is 6.31. The molecule has 0 aromatic heterocycles. The lowest BCUT2D eigenvalue weighted by Crippen LogP contribution is -2.56. The summed E-state index contributed by atoms with van der Waals surface area (Å²) >= 11 is 6.09. The van der Waals surface area contributed by atoms with Crippen LogP contribution in [0.3, 0.4) is 0 Å². The number of hydrogen-bond acceptors (Lipinski definition) is 1. The maximum atomic E-state index is 12.0. The van der Waals surface area contributed by atoms with Crippen LogP contribution >= 0.6 is 11.6 Å². The maximum absolute atomic E-state index is 12.0. The Kier molecular flexibility index (Phi) is 2.64. The molecule has 1 heterocycles. The van der Waals surface area contributed by atoms with Gasteiger partial charge in [-0.05, 0) is 30.7 Å². The number of halogens is 1. The third-order valence-electron chi connectivity index (χ3n) is 3.82. The van der Waals surface area contributed by atoms with Crippen molar-refractivity contribution >= 4 is 23.2 Å². The van der Waals surface area contributed by atoms with Crippen molar-refractivity contribution < 1.29 is 4.79 Å². The van der Waals surface area contributed by atoms with E-state index in [0.717, 1.165) is 16.8 Å². The predicted octanol–water partition coefficient (Wildman–Crippen LogP) is 3.97. The fraction of sp³-hybridized carbons (Fsp3) is 0.188. The van der Waals surface area contributed by atoms with E-state index in [1.165, 1.54) is 0 Å². The van der Waals surface area contributed by atoms with Crippen molar-refractivity contribution in [2.24, 2.45) is 0 Å². The molecule has 1 aliphatic rings. The van der Waals surface area contributed by atoms with Crippen LogP contribution in [-0.2, 0) is 10.3 Å². The molecule has 1 amide bonds. The van der Waals surface area contributed by atoms with Gasteiger partial charge in [-0.1, -0.05) is 41.9 Å². The topological polar surface area (TPSA) is 20.3 Å². The molecule has 19 heavy (non-hydrogen) atoms. The highest BCUT2D eigenvalue weighted by atomic mass is 35.5. The van der Waals surface area contributed by atoms with Crippen LogP contribution in [0.5, 0.6) is 0 Å². The van der Waals surface area contributed by atoms with E-state index >= 15 is 0 Å². The Labute approximate surface area is 117 Å². The standard InChI is InChI=1S/C16H14ClNO/c1-11(19)18-15-9-8-13(17)10-14(15)16(18,2)12-6-4-3-5-7-12/h3-10H,1-2H3. The van der Waals surface area contributed by atoms with Gasteiger partial charge in [0, 0.05) is 17.5 Å². The summed E-state index contributed by atoms with van der Waals surface area (Å²) in [4.78, 5) is 13.8. The number of hydrogen-bond donors (Lipinski definition) is 0. The van der Waals surface area contributed by atoms with Gasteiger partial charge in [0.1, 0.15) is 0 Å². The lowest BCUT2D eigenvalue weighted by atomic mass is 9.75. The third kappa shape index (κ3) is 1.60. The van der Waals surface area contributed by atoms with E-state index in [9.17, 15) is 4.79 Å². The molecule has 0 N–H and O–H groups in total. The minimum Gasteiger partial charge on any atom is -0.298 e. The summed E-state index contributed by atoms with van der Waals surface area (Å²) in [5.41, 5.74) is 2.72. The zero-order chi connectivity index (χ0) is 13.6. The van der Waals surface area contributed by atoms with Crippen LogP contribution in [0.1, 0.15) is 25.0 Å². The molecule has 96 valence electrons. The van der Waals surface area contributed by atoms with Gasteiger partial charge >= 0.3 is 0 Å². The average Bonchev–Trinajstić information content (AvgIpc) is 2.40. The first-order chi connectivity index (χ1) is 9.05. The Balaban J connectivity index is 2.22. The smallest absolute Gasteiger partial charge is 0.224 e. The molecule has 0 bridgehead atoms. The minimum atomic E-state index is -0.423. The molecule has 0 fully saturated rings. The monoisotopic (exact) mass is 271 g/mol. The molecular formula is C16H14ClNO. The number of fused-ring (bicyclic) bond motifs is 1. The Bertz CT molecular complexity index is 653. The van der Waals surface area contributed by atoms with Crippen LogP contribution in [0, 0.1) is 0 Å². The lowest BCUT2D eigenvalue weighted by molar-refractivity contribution is -0.118. The van der Waals surface area contributed by atoms with Crippen LogP contribution in [0.15, 0.2) is 48.5 Å². The Morgan fingerprint density at radius 1 is 1.16 bits per heavy atom. The number of anilines is 1. The molecule has 0 saturated heterocycles. The number of nitrogens with zero attached hydrogens (tertiary/aromatic N) is 1. The lowest BCUT2D eigenvalue weighted by Gasteiger charge is -2.52. The van der Waals surface area contributed by atoms with Crippen molar-refractivity contribution in [1.29, 1.82) is 0 Å². The van der Waals surface area contributed by atoms with E-state index in [-0.39, 0.29) is 5.91 Å². The average molecular weight is 272 g/mol. The van der Waals surface area contributed by atoms with Crippen LogP contribution < -0.4 is 4.90 Å². The third-order valence-corrected chi connectivity index (χ3v) is 4.06. The first-order valence-electron chi connectivity index (χ1n) is 6.21. The summed E-state index contributed by atoms with van der Waals surface area (Å²) < 4.78 is 0. The maximum Gasteiger partial charge on any atom is 0.224 e. The van der Waals surface area contributed by atoms with Gasteiger partial charge in [-0.2, -0.15) is 0 Å². The van der Waals surface area contributed by atoms with Crippen molar-refractivity contribution in [3.8, 4) is 0 Å². The van der Waals surface area contributed by atoms with E-state index in [4.69, 9.17) is 11.6 Å². The molecule has 1 atom stereocenters. The van der Waals surface area contributed by atoms with Gasteiger partial charge in [0.2, 0.25) is 5.91 Å². The van der Waals surface area contributed by atoms with Gasteiger partial charge in [-0.25, -0.2) is 0 Å². The molecular weight excluding hydrogens is 258 g/mol. The highest BCUT2D eigenvalue weighted by Gasteiger charge is 2.49. The molecule has 0 spiro atoms. The summed E-state index contributed by atoms with van der Waals surface area (Å²) in [7, 11) is 0. The minimum absolute atomic E-state index is 0.0428. The molecule has 0 saturated carbocycles. The van der Waals surface area contributed by atoms with E-state index in [1.54, 1.807) is 6.92 Å². The Morgan fingerprint density at radius 3 is 2.47 bits per heavy atom.